The lowest BCUT2D eigenvalue weighted by Gasteiger charge is -2.14. The molecule has 1 atom stereocenters. The lowest BCUT2D eigenvalue weighted by molar-refractivity contribution is 0.157. The van der Waals surface area contributed by atoms with Crippen molar-refractivity contribution in [3.63, 3.8) is 0 Å². The fourth-order valence-electron chi connectivity index (χ4n) is 2.11. The van der Waals surface area contributed by atoms with Crippen LogP contribution in [-0.2, 0) is 6.54 Å². The van der Waals surface area contributed by atoms with Crippen LogP contribution in [0.1, 0.15) is 11.7 Å². The van der Waals surface area contributed by atoms with E-state index in [2.05, 4.69) is 15.0 Å². The van der Waals surface area contributed by atoms with E-state index in [-0.39, 0.29) is 0 Å². The molecule has 3 rings (SSSR count). The highest BCUT2D eigenvalue weighted by Crippen LogP contribution is 2.21. The van der Waals surface area contributed by atoms with Gasteiger partial charge < -0.3 is 9.67 Å². The van der Waals surface area contributed by atoms with Gasteiger partial charge in [-0.15, -0.1) is 0 Å². The number of rotatable bonds is 4. The molecule has 5 nitrogen and oxygen atoms in total. The fraction of sp³-hybridized carbons (Fsp3) is 0.133. The highest BCUT2D eigenvalue weighted by Gasteiger charge is 2.13. The van der Waals surface area contributed by atoms with Gasteiger partial charge in [0.1, 0.15) is 5.69 Å². The molecule has 21 heavy (non-hydrogen) atoms. The maximum absolute atomic E-state index is 10.3. The molecule has 0 bridgehead atoms. The summed E-state index contributed by atoms with van der Waals surface area (Å²) in [7, 11) is 0. The molecule has 1 unspecified atom stereocenters. The van der Waals surface area contributed by atoms with Gasteiger partial charge in [-0.3, -0.25) is 4.98 Å². The molecule has 2 heterocycles. The number of benzene rings is 1. The topological polar surface area (TPSA) is 63.8 Å². The van der Waals surface area contributed by atoms with Crippen LogP contribution in [0.3, 0.4) is 0 Å². The standard InChI is InChI=1S/C15H13ClN4O/c16-12-3-1-2-11(8-12)14(21)10-20-7-6-19-15(20)13-9-17-4-5-18-13/h1-9,14,21H,10H2. The Labute approximate surface area is 126 Å². The first-order valence-electron chi connectivity index (χ1n) is 6.45. The van der Waals surface area contributed by atoms with E-state index in [1.807, 2.05) is 16.7 Å². The second kappa shape index (κ2) is 6.03. The Kier molecular flexibility index (Phi) is 3.94. The first-order valence-corrected chi connectivity index (χ1v) is 6.83. The first-order chi connectivity index (χ1) is 10.2. The average Bonchev–Trinajstić information content (AvgIpc) is 2.96. The van der Waals surface area contributed by atoms with Gasteiger partial charge in [0.05, 0.1) is 18.8 Å². The third-order valence-corrected chi connectivity index (χ3v) is 3.35. The Morgan fingerprint density at radius 2 is 2.10 bits per heavy atom. The molecular formula is C15H13ClN4O. The summed E-state index contributed by atoms with van der Waals surface area (Å²) in [6, 6.07) is 7.19. The zero-order valence-corrected chi connectivity index (χ0v) is 11.9. The normalized spacial score (nSPS) is 12.3. The second-order valence-corrected chi connectivity index (χ2v) is 5.00. The molecule has 0 saturated carbocycles. The Bertz CT molecular complexity index is 729. The number of aliphatic hydroxyl groups excluding tert-OH is 1. The first kappa shape index (κ1) is 13.7. The summed E-state index contributed by atoms with van der Waals surface area (Å²) >= 11 is 5.95. The van der Waals surface area contributed by atoms with E-state index in [4.69, 9.17) is 11.6 Å². The van der Waals surface area contributed by atoms with Crippen LogP contribution in [0.5, 0.6) is 0 Å². The molecule has 2 aromatic heterocycles. The van der Waals surface area contributed by atoms with Crippen molar-refractivity contribution in [2.45, 2.75) is 12.6 Å². The summed E-state index contributed by atoms with van der Waals surface area (Å²) in [6.45, 7) is 0.367. The number of hydrogen-bond acceptors (Lipinski definition) is 4. The van der Waals surface area contributed by atoms with Crippen LogP contribution in [0.15, 0.2) is 55.2 Å². The van der Waals surface area contributed by atoms with E-state index >= 15 is 0 Å². The molecule has 0 amide bonds. The van der Waals surface area contributed by atoms with Crippen molar-refractivity contribution in [3.8, 4) is 11.5 Å². The van der Waals surface area contributed by atoms with Gasteiger partial charge in [-0.1, -0.05) is 23.7 Å². The molecule has 0 aliphatic rings. The molecule has 0 aliphatic carbocycles. The molecular weight excluding hydrogens is 288 g/mol. The highest BCUT2D eigenvalue weighted by molar-refractivity contribution is 6.30. The van der Waals surface area contributed by atoms with Crippen molar-refractivity contribution in [1.82, 2.24) is 19.5 Å². The maximum atomic E-state index is 10.3. The minimum Gasteiger partial charge on any atom is -0.387 e. The predicted octanol–water partition coefficient (Wildman–Crippen LogP) is 2.73. The largest absolute Gasteiger partial charge is 0.387 e. The SMILES string of the molecule is OC(Cn1ccnc1-c1cnccn1)c1cccc(Cl)c1. The summed E-state index contributed by atoms with van der Waals surface area (Å²) in [5.74, 6) is 0.671. The zero-order valence-electron chi connectivity index (χ0n) is 11.1. The molecule has 0 radical (unpaired) electrons. The minimum atomic E-state index is -0.673. The lowest BCUT2D eigenvalue weighted by atomic mass is 10.1. The molecule has 3 aromatic rings. The molecule has 0 spiro atoms. The maximum Gasteiger partial charge on any atom is 0.160 e. The molecule has 106 valence electrons. The van der Waals surface area contributed by atoms with Gasteiger partial charge in [0, 0.05) is 29.8 Å². The van der Waals surface area contributed by atoms with Crippen molar-refractivity contribution >= 4 is 11.6 Å². The number of nitrogens with zero attached hydrogens (tertiary/aromatic N) is 4. The van der Waals surface area contributed by atoms with Crippen LogP contribution in [0.4, 0.5) is 0 Å². The van der Waals surface area contributed by atoms with Crippen molar-refractivity contribution in [1.29, 1.82) is 0 Å². The van der Waals surface area contributed by atoms with Crippen LogP contribution in [-0.4, -0.2) is 24.6 Å². The molecule has 0 aliphatic heterocycles. The van der Waals surface area contributed by atoms with Crippen LogP contribution in [0.2, 0.25) is 5.02 Å². The second-order valence-electron chi connectivity index (χ2n) is 4.56. The number of aliphatic hydroxyl groups is 1. The lowest BCUT2D eigenvalue weighted by Crippen LogP contribution is -2.09. The molecule has 0 fully saturated rings. The van der Waals surface area contributed by atoms with E-state index in [1.165, 1.54) is 0 Å². The smallest absolute Gasteiger partial charge is 0.160 e. The monoisotopic (exact) mass is 300 g/mol. The third-order valence-electron chi connectivity index (χ3n) is 3.11. The third kappa shape index (κ3) is 3.09. The van der Waals surface area contributed by atoms with E-state index in [0.29, 0.717) is 23.1 Å². The van der Waals surface area contributed by atoms with Gasteiger partial charge in [0.2, 0.25) is 0 Å². The summed E-state index contributed by atoms with van der Waals surface area (Å²) in [4.78, 5) is 12.5. The van der Waals surface area contributed by atoms with Crippen molar-refractivity contribution < 1.29 is 5.11 Å². The Balaban J connectivity index is 1.85. The number of halogens is 1. The van der Waals surface area contributed by atoms with E-state index in [9.17, 15) is 5.11 Å². The number of aromatic nitrogens is 4. The highest BCUT2D eigenvalue weighted by atomic mass is 35.5. The summed E-state index contributed by atoms with van der Waals surface area (Å²) < 4.78 is 1.84. The summed E-state index contributed by atoms with van der Waals surface area (Å²) in [5.41, 5.74) is 1.43. The zero-order chi connectivity index (χ0) is 14.7. The van der Waals surface area contributed by atoms with E-state index in [0.717, 1.165) is 5.56 Å². The predicted molar refractivity (Wildman–Crippen MR) is 79.7 cm³/mol. The van der Waals surface area contributed by atoms with Gasteiger partial charge in [0.15, 0.2) is 5.82 Å². The van der Waals surface area contributed by atoms with E-state index < -0.39 is 6.10 Å². The van der Waals surface area contributed by atoms with Crippen LogP contribution >= 0.6 is 11.6 Å². The fourth-order valence-corrected chi connectivity index (χ4v) is 2.31. The van der Waals surface area contributed by atoms with Gasteiger partial charge in [0.25, 0.3) is 0 Å². The summed E-state index contributed by atoms with van der Waals surface area (Å²) in [5, 5.41) is 10.9. The van der Waals surface area contributed by atoms with Gasteiger partial charge >= 0.3 is 0 Å². The molecule has 1 aromatic carbocycles. The molecule has 6 heteroatoms. The van der Waals surface area contributed by atoms with Gasteiger partial charge in [-0.2, -0.15) is 0 Å². The average molecular weight is 301 g/mol. The quantitative estimate of drug-likeness (QED) is 0.804. The molecule has 0 saturated heterocycles. The van der Waals surface area contributed by atoms with Crippen molar-refractivity contribution in [2.24, 2.45) is 0 Å². The number of imidazole rings is 1. The number of hydrogen-bond donors (Lipinski definition) is 1. The van der Waals surface area contributed by atoms with Crippen LogP contribution < -0.4 is 0 Å². The Hall–Kier alpha value is -2.24. The van der Waals surface area contributed by atoms with Crippen molar-refractivity contribution in [3.05, 3.63) is 65.8 Å². The summed E-state index contributed by atoms with van der Waals surface area (Å²) in [6.07, 6.45) is 7.67. The minimum absolute atomic E-state index is 0.367. The van der Waals surface area contributed by atoms with Crippen LogP contribution in [0, 0.1) is 0 Å². The Morgan fingerprint density at radius 3 is 2.86 bits per heavy atom. The Morgan fingerprint density at radius 1 is 1.19 bits per heavy atom. The van der Waals surface area contributed by atoms with Crippen LogP contribution in [0.25, 0.3) is 11.5 Å². The molecule has 1 N–H and O–H groups in total. The van der Waals surface area contributed by atoms with Gasteiger partial charge in [-0.25, -0.2) is 9.97 Å². The van der Waals surface area contributed by atoms with Gasteiger partial charge in [-0.05, 0) is 17.7 Å². The van der Waals surface area contributed by atoms with Crippen molar-refractivity contribution in [2.75, 3.05) is 0 Å². The van der Waals surface area contributed by atoms with E-state index in [1.54, 1.807) is 43.1 Å².